The maximum Gasteiger partial charge on any atom is 0.338 e. The Morgan fingerprint density at radius 2 is 1.47 bits per heavy atom. The Bertz CT molecular complexity index is 1400. The first kappa shape index (κ1) is 24.5. The molecular formula is C28H26N4O4. The zero-order valence-corrected chi connectivity index (χ0v) is 20.1. The third-order valence-electron chi connectivity index (χ3n) is 5.58. The lowest BCUT2D eigenvalue weighted by molar-refractivity contribution is -0.136. The van der Waals surface area contributed by atoms with Crippen LogP contribution in [0.3, 0.4) is 0 Å². The Morgan fingerprint density at radius 1 is 0.833 bits per heavy atom. The van der Waals surface area contributed by atoms with Crippen molar-refractivity contribution in [3.05, 3.63) is 112 Å². The quantitative estimate of drug-likeness (QED) is 0.335. The largest absolute Gasteiger partial charge is 0.481 e. The smallest absolute Gasteiger partial charge is 0.338 e. The average molecular weight is 483 g/mol. The minimum atomic E-state index is -0.903. The summed E-state index contributed by atoms with van der Waals surface area (Å²) in [5.41, 5.74) is 4.63. The molecule has 2 N–H and O–H groups in total. The van der Waals surface area contributed by atoms with Gasteiger partial charge in [0.2, 0.25) is 5.95 Å². The lowest BCUT2D eigenvalue weighted by Crippen LogP contribution is -2.12. The maximum absolute atomic E-state index is 12.3. The van der Waals surface area contributed by atoms with E-state index in [0.29, 0.717) is 41.6 Å². The molecular weight excluding hydrogens is 456 g/mol. The highest BCUT2D eigenvalue weighted by Gasteiger charge is 2.16. The van der Waals surface area contributed by atoms with Gasteiger partial charge in [-0.2, -0.15) is 9.97 Å². The van der Waals surface area contributed by atoms with E-state index in [1.165, 1.54) is 7.11 Å². The van der Waals surface area contributed by atoms with E-state index < -0.39 is 11.9 Å². The number of anilines is 2. The molecule has 0 spiro atoms. The van der Waals surface area contributed by atoms with Crippen LogP contribution in [0.4, 0.5) is 11.6 Å². The topological polar surface area (TPSA) is 114 Å². The molecule has 8 heteroatoms. The number of nitrogens with one attached hydrogen (secondary N) is 1. The number of methoxy groups -OCH3 is 1. The van der Waals surface area contributed by atoms with E-state index in [4.69, 9.17) is 4.74 Å². The van der Waals surface area contributed by atoms with E-state index >= 15 is 0 Å². The summed E-state index contributed by atoms with van der Waals surface area (Å²) in [6.45, 7) is 2.00. The second-order valence-electron chi connectivity index (χ2n) is 8.33. The predicted octanol–water partition coefficient (Wildman–Crippen LogP) is 4.52. The van der Waals surface area contributed by atoms with Crippen LogP contribution >= 0.6 is 0 Å². The predicted molar refractivity (Wildman–Crippen MR) is 135 cm³/mol. The van der Waals surface area contributed by atoms with Gasteiger partial charge in [0.15, 0.2) is 0 Å². The summed E-state index contributed by atoms with van der Waals surface area (Å²) in [6, 6.07) is 22.4. The number of carbonyl (C=O) groups is 2. The summed E-state index contributed by atoms with van der Waals surface area (Å²) in [7, 11) is 1.35. The highest BCUT2D eigenvalue weighted by atomic mass is 16.5. The summed E-state index contributed by atoms with van der Waals surface area (Å²) in [5, 5.41) is 12.5. The molecule has 0 saturated heterocycles. The number of rotatable bonds is 9. The van der Waals surface area contributed by atoms with Crippen molar-refractivity contribution in [1.29, 1.82) is 0 Å². The standard InChI is InChI=1S/C28H26N4O4/c1-18-8-7-12-22(14-18)29-28-31-24(15-19-9-3-4-10-20(19)17-26(33)34)30-25(32-28)16-21-11-5-6-13-23(21)27(35)36-2/h3-14H,15-17H2,1-2H3,(H,33,34)(H,29,30,31,32). The molecule has 0 unspecified atom stereocenters. The molecule has 182 valence electrons. The molecule has 0 amide bonds. The zero-order valence-electron chi connectivity index (χ0n) is 20.1. The number of carboxylic acid groups (broad SMARTS) is 1. The lowest BCUT2D eigenvalue weighted by Gasteiger charge is -2.12. The van der Waals surface area contributed by atoms with Gasteiger partial charge in [0.25, 0.3) is 0 Å². The summed E-state index contributed by atoms with van der Waals surface area (Å²) in [6.07, 6.45) is 0.537. The van der Waals surface area contributed by atoms with E-state index in [2.05, 4.69) is 20.3 Å². The second kappa shape index (κ2) is 11.2. The van der Waals surface area contributed by atoms with Gasteiger partial charge in [-0.25, -0.2) is 9.78 Å². The molecule has 3 aromatic carbocycles. The third kappa shape index (κ3) is 6.29. The summed E-state index contributed by atoms with van der Waals surface area (Å²) in [4.78, 5) is 37.5. The third-order valence-corrected chi connectivity index (χ3v) is 5.58. The Morgan fingerprint density at radius 3 is 2.14 bits per heavy atom. The molecule has 0 aliphatic carbocycles. The number of esters is 1. The van der Waals surface area contributed by atoms with Crippen LogP contribution in [0, 0.1) is 6.92 Å². The molecule has 0 aliphatic rings. The molecule has 4 rings (SSSR count). The number of ether oxygens (including phenoxy) is 1. The van der Waals surface area contributed by atoms with Crippen LogP contribution in [0.15, 0.2) is 72.8 Å². The number of carboxylic acids is 1. The molecule has 36 heavy (non-hydrogen) atoms. The van der Waals surface area contributed by atoms with E-state index in [9.17, 15) is 14.7 Å². The highest BCUT2D eigenvalue weighted by Crippen LogP contribution is 2.20. The van der Waals surface area contributed by atoms with Crippen LogP contribution in [0.2, 0.25) is 0 Å². The fraction of sp³-hybridized carbons (Fsp3) is 0.179. The van der Waals surface area contributed by atoms with Crippen LogP contribution in [0.25, 0.3) is 0 Å². The number of nitrogens with zero attached hydrogens (tertiary/aromatic N) is 3. The van der Waals surface area contributed by atoms with Crippen molar-refractivity contribution >= 4 is 23.6 Å². The zero-order chi connectivity index (χ0) is 25.5. The van der Waals surface area contributed by atoms with Crippen LogP contribution < -0.4 is 5.32 Å². The average Bonchev–Trinajstić information content (AvgIpc) is 2.85. The minimum Gasteiger partial charge on any atom is -0.481 e. The first-order chi connectivity index (χ1) is 17.4. The van der Waals surface area contributed by atoms with Gasteiger partial charge < -0.3 is 15.2 Å². The molecule has 1 heterocycles. The molecule has 0 saturated carbocycles. The number of aliphatic carboxylic acids is 1. The van der Waals surface area contributed by atoms with Gasteiger partial charge in [-0.1, -0.05) is 54.6 Å². The van der Waals surface area contributed by atoms with Crippen molar-refractivity contribution in [3.8, 4) is 0 Å². The van der Waals surface area contributed by atoms with Crippen molar-refractivity contribution in [2.45, 2.75) is 26.2 Å². The Labute approximate surface area is 209 Å². The van der Waals surface area contributed by atoms with Crippen LogP contribution in [-0.4, -0.2) is 39.1 Å². The van der Waals surface area contributed by atoms with Gasteiger partial charge in [0.05, 0.1) is 19.1 Å². The number of aryl methyl sites for hydroxylation is 1. The van der Waals surface area contributed by atoms with Gasteiger partial charge >= 0.3 is 11.9 Å². The van der Waals surface area contributed by atoms with Crippen molar-refractivity contribution in [2.24, 2.45) is 0 Å². The molecule has 0 atom stereocenters. The van der Waals surface area contributed by atoms with Gasteiger partial charge in [-0.15, -0.1) is 0 Å². The molecule has 0 bridgehead atoms. The van der Waals surface area contributed by atoms with Crippen LogP contribution in [-0.2, 0) is 28.8 Å². The molecule has 0 radical (unpaired) electrons. The first-order valence-electron chi connectivity index (χ1n) is 11.4. The summed E-state index contributed by atoms with van der Waals surface area (Å²) in [5.74, 6) is -0.00165. The van der Waals surface area contributed by atoms with Crippen molar-refractivity contribution in [3.63, 3.8) is 0 Å². The summed E-state index contributed by atoms with van der Waals surface area (Å²) < 4.78 is 4.92. The van der Waals surface area contributed by atoms with E-state index in [1.807, 2.05) is 61.5 Å². The second-order valence-corrected chi connectivity index (χ2v) is 8.33. The number of aromatic nitrogens is 3. The fourth-order valence-corrected chi connectivity index (χ4v) is 3.92. The van der Waals surface area contributed by atoms with Gasteiger partial charge in [-0.05, 0) is 47.4 Å². The van der Waals surface area contributed by atoms with Crippen molar-refractivity contribution < 1.29 is 19.4 Å². The lowest BCUT2D eigenvalue weighted by atomic mass is 10.0. The van der Waals surface area contributed by atoms with Gasteiger partial charge in [0.1, 0.15) is 11.6 Å². The fourth-order valence-electron chi connectivity index (χ4n) is 3.92. The van der Waals surface area contributed by atoms with Crippen molar-refractivity contribution in [1.82, 2.24) is 15.0 Å². The molecule has 0 fully saturated rings. The van der Waals surface area contributed by atoms with E-state index in [-0.39, 0.29) is 6.42 Å². The van der Waals surface area contributed by atoms with E-state index in [1.54, 1.807) is 18.2 Å². The summed E-state index contributed by atoms with van der Waals surface area (Å²) >= 11 is 0. The molecule has 4 aromatic rings. The minimum absolute atomic E-state index is 0.0883. The maximum atomic E-state index is 12.3. The number of hydrogen-bond acceptors (Lipinski definition) is 7. The number of benzene rings is 3. The monoisotopic (exact) mass is 482 g/mol. The van der Waals surface area contributed by atoms with Gasteiger partial charge in [-0.3, -0.25) is 4.79 Å². The van der Waals surface area contributed by atoms with Crippen molar-refractivity contribution in [2.75, 3.05) is 12.4 Å². The van der Waals surface area contributed by atoms with Crippen LogP contribution in [0.1, 0.15) is 44.3 Å². The normalized spacial score (nSPS) is 10.6. The van der Waals surface area contributed by atoms with E-state index in [0.717, 1.165) is 22.4 Å². The highest BCUT2D eigenvalue weighted by molar-refractivity contribution is 5.91. The SMILES string of the molecule is COC(=O)c1ccccc1Cc1nc(Cc2ccccc2CC(=O)O)nc(Nc2cccc(C)c2)n1. The first-order valence-corrected chi connectivity index (χ1v) is 11.4. The molecule has 0 aliphatic heterocycles. The van der Waals surface area contributed by atoms with Gasteiger partial charge in [0, 0.05) is 18.5 Å². The molecule has 8 nitrogen and oxygen atoms in total. The Hall–Kier alpha value is -4.59. The number of hydrogen-bond donors (Lipinski definition) is 2. The Balaban J connectivity index is 1.72. The Kier molecular flexibility index (Phi) is 7.65. The number of carbonyl (C=O) groups excluding carboxylic acids is 1. The van der Waals surface area contributed by atoms with Crippen LogP contribution in [0.5, 0.6) is 0 Å². The molecule has 1 aromatic heterocycles.